The van der Waals surface area contributed by atoms with Gasteiger partial charge in [-0.15, -0.1) is 0 Å². The highest BCUT2D eigenvalue weighted by Gasteiger charge is 2.23. The lowest BCUT2D eigenvalue weighted by atomic mass is 9.95. The summed E-state index contributed by atoms with van der Waals surface area (Å²) in [6, 6.07) is 11.6. The van der Waals surface area contributed by atoms with Crippen LogP contribution < -0.4 is 14.8 Å². The van der Waals surface area contributed by atoms with E-state index in [9.17, 15) is 8.42 Å². The van der Waals surface area contributed by atoms with Crippen LogP contribution >= 0.6 is 0 Å². The first-order valence-electron chi connectivity index (χ1n) is 8.38. The van der Waals surface area contributed by atoms with E-state index < -0.39 is 10.0 Å². The van der Waals surface area contributed by atoms with Crippen molar-refractivity contribution >= 4 is 10.0 Å². The first kappa shape index (κ1) is 17.9. The summed E-state index contributed by atoms with van der Waals surface area (Å²) in [6.07, 6.45) is 0.968. The Hall–Kier alpha value is -1.89. The fourth-order valence-corrected chi connectivity index (χ4v) is 4.67. The molecule has 0 radical (unpaired) electrons. The van der Waals surface area contributed by atoms with E-state index in [2.05, 4.69) is 22.2 Å². The van der Waals surface area contributed by atoms with Gasteiger partial charge < -0.3 is 10.1 Å². The molecule has 0 bridgehead atoms. The first-order chi connectivity index (χ1) is 11.9. The van der Waals surface area contributed by atoms with E-state index in [1.807, 2.05) is 19.1 Å². The maximum Gasteiger partial charge on any atom is 0.240 e. The van der Waals surface area contributed by atoms with Gasteiger partial charge in [0.2, 0.25) is 10.0 Å². The summed E-state index contributed by atoms with van der Waals surface area (Å²) >= 11 is 0. The lowest BCUT2D eigenvalue weighted by molar-refractivity contribution is 0.411. The summed E-state index contributed by atoms with van der Waals surface area (Å²) in [7, 11) is -2.00. The number of sulfonamides is 1. The predicted molar refractivity (Wildman–Crippen MR) is 98.5 cm³/mol. The van der Waals surface area contributed by atoms with Crippen molar-refractivity contribution in [1.82, 2.24) is 10.0 Å². The van der Waals surface area contributed by atoms with Crippen molar-refractivity contribution in [1.29, 1.82) is 0 Å². The van der Waals surface area contributed by atoms with Gasteiger partial charge in [-0.1, -0.05) is 24.3 Å². The third-order valence-electron chi connectivity index (χ3n) is 4.68. The average molecular weight is 360 g/mol. The number of hydrogen-bond acceptors (Lipinski definition) is 4. The fraction of sp³-hybridized carbons (Fsp3) is 0.368. The molecule has 0 spiro atoms. The van der Waals surface area contributed by atoms with Gasteiger partial charge in [0.15, 0.2) is 0 Å². The summed E-state index contributed by atoms with van der Waals surface area (Å²) in [5, 5.41) is 3.40. The monoisotopic (exact) mass is 360 g/mol. The summed E-state index contributed by atoms with van der Waals surface area (Å²) in [4.78, 5) is 0.301. The Morgan fingerprint density at radius 2 is 1.96 bits per heavy atom. The highest BCUT2D eigenvalue weighted by Crippen LogP contribution is 2.26. The summed E-state index contributed by atoms with van der Waals surface area (Å²) in [5.41, 5.74) is 3.92. The number of benzene rings is 2. The van der Waals surface area contributed by atoms with Gasteiger partial charge in [0.05, 0.1) is 12.0 Å². The number of hydrogen-bond donors (Lipinski definition) is 2. The molecule has 1 aliphatic heterocycles. The first-order valence-corrected chi connectivity index (χ1v) is 9.87. The molecule has 0 fully saturated rings. The van der Waals surface area contributed by atoms with Crippen molar-refractivity contribution in [3.63, 3.8) is 0 Å². The minimum atomic E-state index is -3.59. The SMILES string of the molecule is COc1cc(C)c(S(=O)(=O)NCC2NCCc3ccccc32)cc1C. The second kappa shape index (κ2) is 7.15. The topological polar surface area (TPSA) is 67.4 Å². The molecule has 25 heavy (non-hydrogen) atoms. The summed E-state index contributed by atoms with van der Waals surface area (Å²) < 4.78 is 33.6. The molecule has 134 valence electrons. The van der Waals surface area contributed by atoms with Gasteiger partial charge in [-0.3, -0.25) is 0 Å². The van der Waals surface area contributed by atoms with Crippen LogP contribution in [0.1, 0.15) is 28.3 Å². The van der Waals surface area contributed by atoms with Crippen molar-refractivity contribution in [2.75, 3.05) is 20.2 Å². The molecule has 0 aromatic heterocycles. The van der Waals surface area contributed by atoms with Crippen LogP contribution in [0.5, 0.6) is 5.75 Å². The Morgan fingerprint density at radius 1 is 1.20 bits per heavy atom. The van der Waals surface area contributed by atoms with Crippen LogP contribution in [0.2, 0.25) is 0 Å². The standard InChI is InChI=1S/C19H24N2O3S/c1-13-11-19(14(2)10-18(13)24-3)25(22,23)21-12-17-16-7-5-4-6-15(16)8-9-20-17/h4-7,10-11,17,20-21H,8-9,12H2,1-3H3. The van der Waals surface area contributed by atoms with Crippen molar-refractivity contribution in [2.24, 2.45) is 0 Å². The number of rotatable bonds is 5. The minimum Gasteiger partial charge on any atom is -0.496 e. The Labute approximate surface area is 149 Å². The second-order valence-electron chi connectivity index (χ2n) is 6.39. The molecule has 1 atom stereocenters. The van der Waals surface area contributed by atoms with E-state index in [1.54, 1.807) is 26.2 Å². The molecule has 2 aromatic carbocycles. The van der Waals surface area contributed by atoms with E-state index in [-0.39, 0.29) is 6.04 Å². The summed E-state index contributed by atoms with van der Waals surface area (Å²) in [5.74, 6) is 0.694. The summed E-state index contributed by atoms with van der Waals surface area (Å²) in [6.45, 7) is 4.80. The van der Waals surface area contributed by atoms with Crippen molar-refractivity contribution in [3.05, 3.63) is 58.7 Å². The van der Waals surface area contributed by atoms with E-state index in [1.165, 1.54) is 11.1 Å². The maximum absolute atomic E-state index is 12.8. The number of fused-ring (bicyclic) bond motifs is 1. The Kier molecular flexibility index (Phi) is 5.13. The van der Waals surface area contributed by atoms with Crippen LogP contribution in [0.15, 0.2) is 41.3 Å². The lowest BCUT2D eigenvalue weighted by Crippen LogP contribution is -2.39. The van der Waals surface area contributed by atoms with Gasteiger partial charge in [0, 0.05) is 12.6 Å². The third kappa shape index (κ3) is 3.71. The zero-order valence-corrected chi connectivity index (χ0v) is 15.6. The molecule has 2 N–H and O–H groups in total. The van der Waals surface area contributed by atoms with Crippen molar-refractivity contribution < 1.29 is 13.2 Å². The number of aryl methyl sites for hydroxylation is 2. The van der Waals surface area contributed by atoms with E-state index in [0.717, 1.165) is 18.5 Å². The highest BCUT2D eigenvalue weighted by molar-refractivity contribution is 7.89. The van der Waals surface area contributed by atoms with Gasteiger partial charge >= 0.3 is 0 Å². The zero-order chi connectivity index (χ0) is 18.0. The quantitative estimate of drug-likeness (QED) is 0.860. The molecule has 0 saturated heterocycles. The maximum atomic E-state index is 12.8. The van der Waals surface area contributed by atoms with Crippen LogP contribution in [0, 0.1) is 13.8 Å². The molecule has 1 heterocycles. The second-order valence-corrected chi connectivity index (χ2v) is 8.13. The minimum absolute atomic E-state index is 0.0145. The molecule has 6 heteroatoms. The third-order valence-corrected chi connectivity index (χ3v) is 6.24. The van der Waals surface area contributed by atoms with Crippen LogP contribution in [0.25, 0.3) is 0 Å². The molecule has 5 nitrogen and oxygen atoms in total. The smallest absolute Gasteiger partial charge is 0.240 e. The lowest BCUT2D eigenvalue weighted by Gasteiger charge is -2.27. The largest absolute Gasteiger partial charge is 0.496 e. The number of ether oxygens (including phenoxy) is 1. The van der Waals surface area contributed by atoms with E-state index >= 15 is 0 Å². The molecule has 0 amide bonds. The average Bonchev–Trinajstić information content (AvgIpc) is 2.61. The molecular weight excluding hydrogens is 336 g/mol. The van der Waals surface area contributed by atoms with Crippen molar-refractivity contribution in [2.45, 2.75) is 31.2 Å². The van der Waals surface area contributed by atoms with Gasteiger partial charge in [0.25, 0.3) is 0 Å². The van der Waals surface area contributed by atoms with Gasteiger partial charge in [-0.05, 0) is 61.2 Å². The van der Waals surface area contributed by atoms with Crippen LogP contribution in [0.3, 0.4) is 0 Å². The Bertz CT molecular complexity index is 878. The van der Waals surface area contributed by atoms with Crippen molar-refractivity contribution in [3.8, 4) is 5.75 Å². The van der Waals surface area contributed by atoms with Crippen LogP contribution in [-0.2, 0) is 16.4 Å². The molecular formula is C19H24N2O3S. The molecule has 3 rings (SSSR count). The fourth-order valence-electron chi connectivity index (χ4n) is 3.32. The van der Waals surface area contributed by atoms with E-state index in [4.69, 9.17) is 4.74 Å². The Balaban J connectivity index is 1.81. The van der Waals surface area contributed by atoms with E-state index in [0.29, 0.717) is 22.8 Å². The molecule has 1 aliphatic rings. The van der Waals surface area contributed by atoms with Crippen LogP contribution in [-0.4, -0.2) is 28.6 Å². The highest BCUT2D eigenvalue weighted by atomic mass is 32.2. The number of nitrogens with one attached hydrogen (secondary N) is 2. The molecule has 1 unspecified atom stereocenters. The normalized spacial score (nSPS) is 17.2. The predicted octanol–water partition coefficient (Wildman–Crippen LogP) is 2.48. The van der Waals surface area contributed by atoms with Gasteiger partial charge in [-0.2, -0.15) is 0 Å². The molecule has 0 aliphatic carbocycles. The molecule has 0 saturated carbocycles. The Morgan fingerprint density at radius 3 is 2.72 bits per heavy atom. The number of methoxy groups -OCH3 is 1. The van der Waals surface area contributed by atoms with Gasteiger partial charge in [0.1, 0.15) is 5.75 Å². The van der Waals surface area contributed by atoms with Gasteiger partial charge in [-0.25, -0.2) is 13.1 Å². The van der Waals surface area contributed by atoms with Crippen LogP contribution in [0.4, 0.5) is 0 Å². The zero-order valence-electron chi connectivity index (χ0n) is 14.8. The molecule has 2 aromatic rings.